The standard InChI is InChI=1S/C2H5B3O3/c1-2-5-7-3-6-4-8-5/h2H2,1H3. The highest BCUT2D eigenvalue weighted by molar-refractivity contribution is 6.61. The minimum atomic E-state index is -0.149. The van der Waals surface area contributed by atoms with Crippen LogP contribution in [-0.4, -0.2) is 22.5 Å². The molecule has 0 unspecified atom stereocenters. The summed E-state index contributed by atoms with van der Waals surface area (Å²) in [6, 6.07) is 0. The van der Waals surface area contributed by atoms with Gasteiger partial charge in [-0.3, -0.25) is 0 Å². The van der Waals surface area contributed by atoms with Crippen LogP contribution in [0.2, 0.25) is 6.32 Å². The van der Waals surface area contributed by atoms with Crippen molar-refractivity contribution in [2.24, 2.45) is 0 Å². The van der Waals surface area contributed by atoms with Crippen molar-refractivity contribution < 1.29 is 13.7 Å². The van der Waals surface area contributed by atoms with Crippen molar-refractivity contribution in [1.82, 2.24) is 0 Å². The summed E-state index contributed by atoms with van der Waals surface area (Å²) in [4.78, 5) is 0. The highest BCUT2D eigenvalue weighted by Crippen LogP contribution is 1.98. The van der Waals surface area contributed by atoms with Crippen LogP contribution in [0.1, 0.15) is 6.92 Å². The summed E-state index contributed by atoms with van der Waals surface area (Å²) in [6.45, 7) is 1.97. The lowest BCUT2D eigenvalue weighted by atomic mass is 9.81. The molecule has 3 nitrogen and oxygen atoms in total. The van der Waals surface area contributed by atoms with Crippen molar-refractivity contribution >= 4 is 22.5 Å². The van der Waals surface area contributed by atoms with Crippen LogP contribution in [0.25, 0.3) is 0 Å². The van der Waals surface area contributed by atoms with Gasteiger partial charge < -0.3 is 13.7 Å². The fourth-order valence-corrected chi connectivity index (χ4v) is 0.435. The van der Waals surface area contributed by atoms with Crippen LogP contribution >= 0.6 is 0 Å². The first-order valence-corrected chi connectivity index (χ1v) is 2.53. The zero-order valence-electron chi connectivity index (χ0n) is 4.66. The number of hydrogen-bond acceptors (Lipinski definition) is 3. The molecule has 0 aromatic carbocycles. The Bertz CT molecular complexity index is 63.5. The van der Waals surface area contributed by atoms with Gasteiger partial charge in [-0.1, -0.05) is 6.92 Å². The maximum Gasteiger partial charge on any atom is 0.458 e. The first-order chi connectivity index (χ1) is 3.93. The Kier molecular flexibility index (Phi) is 2.46. The molecular formula is C2H5B3O3. The van der Waals surface area contributed by atoms with Gasteiger partial charge in [-0.25, -0.2) is 0 Å². The molecule has 1 rings (SSSR count). The Morgan fingerprint density at radius 2 is 2.00 bits per heavy atom. The molecule has 1 saturated heterocycles. The quantitative estimate of drug-likeness (QED) is 0.430. The fraction of sp³-hybridized carbons (Fsp3) is 1.00. The minimum Gasteiger partial charge on any atom is -0.457 e. The lowest BCUT2D eigenvalue weighted by Crippen LogP contribution is -2.34. The van der Waals surface area contributed by atoms with E-state index in [0.717, 1.165) is 6.32 Å². The van der Waals surface area contributed by atoms with Crippen molar-refractivity contribution in [3.05, 3.63) is 0 Å². The van der Waals surface area contributed by atoms with Crippen LogP contribution in [0.4, 0.5) is 0 Å². The average Bonchev–Trinajstić information content (AvgIpc) is 1.90. The molecule has 0 aromatic rings. The summed E-state index contributed by atoms with van der Waals surface area (Å²) in [6.07, 6.45) is 0.830. The first-order valence-electron chi connectivity index (χ1n) is 2.53. The van der Waals surface area contributed by atoms with Crippen LogP contribution in [0.5, 0.6) is 0 Å². The van der Waals surface area contributed by atoms with Crippen LogP contribution in [0.3, 0.4) is 0 Å². The second-order valence-corrected chi connectivity index (χ2v) is 1.44. The Hall–Kier alpha value is 0.0748. The van der Waals surface area contributed by atoms with Gasteiger partial charge in [-0.2, -0.15) is 0 Å². The maximum atomic E-state index is 4.83. The van der Waals surface area contributed by atoms with Crippen molar-refractivity contribution in [2.45, 2.75) is 13.2 Å². The molecule has 1 fully saturated rings. The summed E-state index contributed by atoms with van der Waals surface area (Å²) in [7, 11) is 2.37. The van der Waals surface area contributed by atoms with Gasteiger partial charge in [0, 0.05) is 0 Å². The molecule has 1 heterocycles. The van der Waals surface area contributed by atoms with Crippen molar-refractivity contribution in [1.29, 1.82) is 0 Å². The van der Waals surface area contributed by atoms with Gasteiger partial charge >= 0.3 is 22.5 Å². The molecule has 1 aliphatic heterocycles. The van der Waals surface area contributed by atoms with Gasteiger partial charge in [-0.15, -0.1) is 0 Å². The van der Waals surface area contributed by atoms with E-state index in [1.807, 2.05) is 6.92 Å². The monoisotopic (exact) mass is 110 g/mol. The molecule has 6 heteroatoms. The highest BCUT2D eigenvalue weighted by Gasteiger charge is 2.21. The summed E-state index contributed by atoms with van der Waals surface area (Å²) in [5.74, 6) is 0. The van der Waals surface area contributed by atoms with E-state index in [2.05, 4.69) is 4.57 Å². The van der Waals surface area contributed by atoms with Gasteiger partial charge in [0.1, 0.15) is 0 Å². The third kappa shape index (κ3) is 1.54. The van der Waals surface area contributed by atoms with E-state index < -0.39 is 0 Å². The zero-order chi connectivity index (χ0) is 5.82. The van der Waals surface area contributed by atoms with Gasteiger partial charge in [0.05, 0.1) is 0 Å². The second-order valence-electron chi connectivity index (χ2n) is 1.44. The Balaban J connectivity index is 2.13. The van der Waals surface area contributed by atoms with Crippen molar-refractivity contribution in [3.63, 3.8) is 0 Å². The van der Waals surface area contributed by atoms with E-state index in [-0.39, 0.29) is 7.12 Å². The SMILES string of the molecule is CCB1O[B]O[B]O1. The van der Waals surface area contributed by atoms with E-state index in [4.69, 9.17) is 9.14 Å². The van der Waals surface area contributed by atoms with Gasteiger partial charge in [-0.05, 0) is 6.32 Å². The Morgan fingerprint density at radius 3 is 2.38 bits per heavy atom. The third-order valence-corrected chi connectivity index (χ3v) is 0.859. The van der Waals surface area contributed by atoms with E-state index in [1.165, 1.54) is 15.4 Å². The molecule has 8 heavy (non-hydrogen) atoms. The molecule has 0 saturated carbocycles. The summed E-state index contributed by atoms with van der Waals surface area (Å²) in [5.41, 5.74) is 0. The topological polar surface area (TPSA) is 27.7 Å². The molecule has 0 aliphatic carbocycles. The molecule has 0 amide bonds. The van der Waals surface area contributed by atoms with E-state index >= 15 is 0 Å². The summed E-state index contributed by atoms with van der Waals surface area (Å²) >= 11 is 0. The Morgan fingerprint density at radius 1 is 1.38 bits per heavy atom. The molecule has 0 N–H and O–H groups in total. The molecule has 0 aromatic heterocycles. The fourth-order valence-electron chi connectivity index (χ4n) is 0.435. The normalized spacial score (nSPS) is 19.4. The first kappa shape index (κ1) is 6.20. The third-order valence-electron chi connectivity index (χ3n) is 0.859. The molecule has 2 radical (unpaired) electrons. The van der Waals surface area contributed by atoms with Crippen LogP contribution < -0.4 is 0 Å². The predicted octanol–water partition coefficient (Wildman–Crippen LogP) is -0.374. The summed E-state index contributed by atoms with van der Waals surface area (Å²) < 4.78 is 14.2. The van der Waals surface area contributed by atoms with Crippen molar-refractivity contribution in [3.8, 4) is 0 Å². The van der Waals surface area contributed by atoms with Gasteiger partial charge in [0.2, 0.25) is 0 Å². The summed E-state index contributed by atoms with van der Waals surface area (Å²) in [5, 5.41) is 0. The Labute approximate surface area is 50.4 Å². The van der Waals surface area contributed by atoms with E-state index in [1.54, 1.807) is 0 Å². The molecule has 40 valence electrons. The second kappa shape index (κ2) is 3.17. The van der Waals surface area contributed by atoms with Gasteiger partial charge in [0.15, 0.2) is 0 Å². The lowest BCUT2D eigenvalue weighted by molar-refractivity contribution is 0.323. The molecule has 0 atom stereocenters. The molecule has 1 aliphatic rings. The van der Waals surface area contributed by atoms with Gasteiger partial charge in [0.25, 0.3) is 0 Å². The van der Waals surface area contributed by atoms with Crippen LogP contribution in [0, 0.1) is 0 Å². The van der Waals surface area contributed by atoms with Crippen molar-refractivity contribution in [2.75, 3.05) is 0 Å². The van der Waals surface area contributed by atoms with E-state index in [0.29, 0.717) is 0 Å². The molecule has 0 bridgehead atoms. The molecular weight excluding hydrogens is 104 g/mol. The highest BCUT2D eigenvalue weighted by atomic mass is 16.7. The number of hydrogen-bond donors (Lipinski definition) is 0. The smallest absolute Gasteiger partial charge is 0.457 e. The number of rotatable bonds is 1. The van der Waals surface area contributed by atoms with Crippen LogP contribution in [-0.2, 0) is 13.7 Å². The van der Waals surface area contributed by atoms with E-state index in [9.17, 15) is 0 Å². The van der Waals surface area contributed by atoms with Crippen LogP contribution in [0.15, 0.2) is 0 Å². The largest absolute Gasteiger partial charge is 0.458 e. The zero-order valence-corrected chi connectivity index (χ0v) is 4.66. The average molecular weight is 109 g/mol. The molecule has 0 spiro atoms. The minimum absolute atomic E-state index is 0.149. The lowest BCUT2D eigenvalue weighted by Gasteiger charge is -2.16. The maximum absolute atomic E-state index is 4.83. The predicted molar refractivity (Wildman–Crippen MR) is 31.0 cm³/mol.